The molecular weight excluding hydrogens is 312 g/mol. The molecule has 1 aromatic heterocycles. The Kier molecular flexibility index (Phi) is 4.06. The van der Waals surface area contributed by atoms with Gasteiger partial charge in [-0.3, -0.25) is 4.79 Å². The van der Waals surface area contributed by atoms with Gasteiger partial charge < -0.3 is 10.2 Å². The van der Waals surface area contributed by atoms with Crippen molar-refractivity contribution in [3.8, 4) is 11.3 Å². The minimum atomic E-state index is 0.144. The van der Waals surface area contributed by atoms with Crippen molar-refractivity contribution in [1.29, 1.82) is 0 Å². The van der Waals surface area contributed by atoms with Crippen LogP contribution in [0.1, 0.15) is 6.92 Å². The van der Waals surface area contributed by atoms with E-state index in [1.807, 2.05) is 23.1 Å². The van der Waals surface area contributed by atoms with Crippen molar-refractivity contribution >= 4 is 22.6 Å². The molecule has 0 atom stereocenters. The lowest BCUT2D eigenvalue weighted by molar-refractivity contribution is -0.134. The highest BCUT2D eigenvalue weighted by atomic mass is 16.2. The molecule has 0 spiro atoms. The number of nitrogens with zero attached hydrogens (tertiary/aromatic N) is 3. The van der Waals surface area contributed by atoms with Crippen LogP contribution >= 0.6 is 0 Å². The number of nitrogens with one attached hydrogen (secondary N) is 1. The first-order valence-electron chi connectivity index (χ1n) is 8.50. The number of hydrogen-bond acceptors (Lipinski definition) is 4. The molecule has 25 heavy (non-hydrogen) atoms. The fraction of sp³-hybridized carbons (Fsp3) is 0.250. The first-order valence-corrected chi connectivity index (χ1v) is 8.50. The van der Waals surface area contributed by atoms with E-state index in [-0.39, 0.29) is 5.91 Å². The Morgan fingerprint density at radius 1 is 1.16 bits per heavy atom. The molecular formula is C20H20N4O. The molecule has 1 saturated heterocycles. The van der Waals surface area contributed by atoms with Crippen LogP contribution in [-0.4, -0.2) is 40.4 Å². The normalized spacial score (nSPS) is 14.4. The number of amides is 1. The van der Waals surface area contributed by atoms with Gasteiger partial charge in [0.15, 0.2) is 0 Å². The summed E-state index contributed by atoms with van der Waals surface area (Å²) >= 11 is 0. The van der Waals surface area contributed by atoms with Crippen molar-refractivity contribution in [3.05, 3.63) is 54.7 Å². The average Bonchev–Trinajstić information content (AvgIpc) is 2.60. The predicted octanol–water partition coefficient (Wildman–Crippen LogP) is 3.19. The lowest BCUT2D eigenvalue weighted by Gasteiger charge is -2.38. The SMILES string of the molecule is CC(=O)N1CC(CNc2nccc(-c3ccc4ccccc4c3)n2)C1. The number of rotatable bonds is 4. The van der Waals surface area contributed by atoms with E-state index < -0.39 is 0 Å². The highest BCUT2D eigenvalue weighted by molar-refractivity contribution is 5.86. The van der Waals surface area contributed by atoms with Crippen LogP contribution in [0.3, 0.4) is 0 Å². The summed E-state index contributed by atoms with van der Waals surface area (Å²) in [5, 5.41) is 5.72. The van der Waals surface area contributed by atoms with Crippen LogP contribution in [0.15, 0.2) is 54.7 Å². The van der Waals surface area contributed by atoms with E-state index in [0.29, 0.717) is 11.9 Å². The fourth-order valence-electron chi connectivity index (χ4n) is 3.14. The molecule has 126 valence electrons. The molecule has 3 aromatic rings. The third kappa shape index (κ3) is 3.31. The molecule has 5 nitrogen and oxygen atoms in total. The molecule has 1 aliphatic rings. The van der Waals surface area contributed by atoms with Gasteiger partial charge in [-0.15, -0.1) is 0 Å². The third-order valence-electron chi connectivity index (χ3n) is 4.65. The number of carbonyl (C=O) groups is 1. The minimum Gasteiger partial charge on any atom is -0.354 e. The van der Waals surface area contributed by atoms with E-state index in [1.54, 1.807) is 13.1 Å². The van der Waals surface area contributed by atoms with Crippen LogP contribution in [0, 0.1) is 5.92 Å². The summed E-state index contributed by atoms with van der Waals surface area (Å²) in [6.45, 7) is 4.02. The summed E-state index contributed by atoms with van der Waals surface area (Å²) in [7, 11) is 0. The Balaban J connectivity index is 1.46. The van der Waals surface area contributed by atoms with Gasteiger partial charge in [0.1, 0.15) is 0 Å². The van der Waals surface area contributed by atoms with Gasteiger partial charge in [0.25, 0.3) is 0 Å². The van der Waals surface area contributed by atoms with E-state index in [0.717, 1.165) is 30.9 Å². The average molecular weight is 332 g/mol. The number of benzene rings is 2. The van der Waals surface area contributed by atoms with Crippen molar-refractivity contribution < 1.29 is 4.79 Å². The molecule has 1 fully saturated rings. The van der Waals surface area contributed by atoms with Crippen molar-refractivity contribution in [2.24, 2.45) is 5.92 Å². The van der Waals surface area contributed by atoms with Crippen molar-refractivity contribution in [2.75, 3.05) is 25.0 Å². The van der Waals surface area contributed by atoms with Gasteiger partial charge in [0.2, 0.25) is 11.9 Å². The summed E-state index contributed by atoms with van der Waals surface area (Å²) in [5.41, 5.74) is 1.98. The zero-order valence-corrected chi connectivity index (χ0v) is 14.1. The second-order valence-electron chi connectivity index (χ2n) is 6.50. The van der Waals surface area contributed by atoms with Crippen LogP contribution < -0.4 is 5.32 Å². The molecule has 1 N–H and O–H groups in total. The molecule has 4 rings (SSSR count). The molecule has 0 unspecified atom stereocenters. The fourth-order valence-corrected chi connectivity index (χ4v) is 3.14. The first-order chi connectivity index (χ1) is 12.2. The number of anilines is 1. The highest BCUT2D eigenvalue weighted by Crippen LogP contribution is 2.23. The predicted molar refractivity (Wildman–Crippen MR) is 99.2 cm³/mol. The van der Waals surface area contributed by atoms with Crippen molar-refractivity contribution in [3.63, 3.8) is 0 Å². The second kappa shape index (κ2) is 6.51. The number of carbonyl (C=O) groups excluding carboxylic acids is 1. The van der Waals surface area contributed by atoms with Gasteiger partial charge in [0, 0.05) is 44.2 Å². The van der Waals surface area contributed by atoms with E-state index >= 15 is 0 Å². The Hall–Kier alpha value is -2.95. The van der Waals surface area contributed by atoms with Crippen LogP contribution in [0.5, 0.6) is 0 Å². The van der Waals surface area contributed by atoms with Crippen LogP contribution in [0.2, 0.25) is 0 Å². The van der Waals surface area contributed by atoms with E-state index in [4.69, 9.17) is 0 Å². The monoisotopic (exact) mass is 332 g/mol. The number of aromatic nitrogens is 2. The van der Waals surface area contributed by atoms with Gasteiger partial charge in [-0.1, -0.05) is 36.4 Å². The number of hydrogen-bond donors (Lipinski definition) is 1. The van der Waals surface area contributed by atoms with Gasteiger partial charge in [-0.25, -0.2) is 9.97 Å². The maximum atomic E-state index is 11.2. The Morgan fingerprint density at radius 2 is 1.96 bits per heavy atom. The van der Waals surface area contributed by atoms with Crippen LogP contribution in [-0.2, 0) is 4.79 Å². The van der Waals surface area contributed by atoms with Crippen LogP contribution in [0.25, 0.3) is 22.0 Å². The largest absolute Gasteiger partial charge is 0.354 e. The summed E-state index contributed by atoms with van der Waals surface area (Å²) < 4.78 is 0. The summed E-state index contributed by atoms with van der Waals surface area (Å²) in [6, 6.07) is 16.6. The highest BCUT2D eigenvalue weighted by Gasteiger charge is 2.28. The van der Waals surface area contributed by atoms with Crippen LogP contribution in [0.4, 0.5) is 5.95 Å². The lowest BCUT2D eigenvalue weighted by Crippen LogP contribution is -2.51. The second-order valence-corrected chi connectivity index (χ2v) is 6.50. The molecule has 1 amide bonds. The summed E-state index contributed by atoms with van der Waals surface area (Å²) in [4.78, 5) is 22.0. The Morgan fingerprint density at radius 3 is 2.76 bits per heavy atom. The van der Waals surface area contributed by atoms with Gasteiger partial charge >= 0.3 is 0 Å². The maximum absolute atomic E-state index is 11.2. The molecule has 0 saturated carbocycles. The number of likely N-dealkylation sites (tertiary alicyclic amines) is 1. The van der Waals surface area contributed by atoms with Crippen molar-refractivity contribution in [2.45, 2.75) is 6.92 Å². The standard InChI is InChI=1S/C20H20N4O/c1-14(25)24-12-15(13-24)11-22-20-21-9-8-19(23-20)18-7-6-16-4-2-3-5-17(16)10-18/h2-10,15H,11-13H2,1H3,(H,21,22,23). The lowest BCUT2D eigenvalue weighted by atomic mass is 10.0. The van der Waals surface area contributed by atoms with Crippen molar-refractivity contribution in [1.82, 2.24) is 14.9 Å². The van der Waals surface area contributed by atoms with Gasteiger partial charge in [-0.2, -0.15) is 0 Å². The molecule has 1 aliphatic heterocycles. The quantitative estimate of drug-likeness (QED) is 0.797. The molecule has 2 aromatic carbocycles. The summed E-state index contributed by atoms with van der Waals surface area (Å²) in [5.74, 6) is 1.24. The van der Waals surface area contributed by atoms with Gasteiger partial charge in [-0.05, 0) is 22.9 Å². The third-order valence-corrected chi connectivity index (χ3v) is 4.65. The smallest absolute Gasteiger partial charge is 0.223 e. The summed E-state index contributed by atoms with van der Waals surface area (Å²) in [6.07, 6.45) is 1.78. The van der Waals surface area contributed by atoms with E-state index in [2.05, 4.69) is 45.6 Å². The van der Waals surface area contributed by atoms with E-state index in [9.17, 15) is 4.79 Å². The topological polar surface area (TPSA) is 58.1 Å². The molecule has 5 heteroatoms. The van der Waals surface area contributed by atoms with Gasteiger partial charge in [0.05, 0.1) is 5.69 Å². The zero-order chi connectivity index (χ0) is 17.2. The zero-order valence-electron chi connectivity index (χ0n) is 14.1. The molecule has 0 radical (unpaired) electrons. The Bertz CT molecular complexity index is 918. The number of fused-ring (bicyclic) bond motifs is 1. The molecule has 0 aliphatic carbocycles. The first kappa shape index (κ1) is 15.6. The van der Waals surface area contributed by atoms with E-state index in [1.165, 1.54) is 10.8 Å². The maximum Gasteiger partial charge on any atom is 0.223 e. The minimum absolute atomic E-state index is 0.144. The molecule has 2 heterocycles. The molecule has 0 bridgehead atoms. The Labute approximate surface area is 146 Å².